The fourth-order valence-electron chi connectivity index (χ4n) is 3.36. The third kappa shape index (κ3) is 3.83. The molecule has 2 aliphatic rings. The third-order valence-corrected chi connectivity index (χ3v) is 5.11. The second kappa shape index (κ2) is 7.34. The SMILES string of the molecule is O=C(c1ccc(NC2CC2)c([N+](=O)[O-])c1)N1CC=C(c2ccc(O)cc2)CC1. The van der Waals surface area contributed by atoms with Gasteiger partial charge in [-0.3, -0.25) is 14.9 Å². The van der Waals surface area contributed by atoms with E-state index in [1.165, 1.54) is 6.07 Å². The molecule has 0 radical (unpaired) electrons. The van der Waals surface area contributed by atoms with Crippen LogP contribution in [-0.4, -0.2) is 40.0 Å². The predicted molar refractivity (Wildman–Crippen MR) is 106 cm³/mol. The van der Waals surface area contributed by atoms with Gasteiger partial charge in [0, 0.05) is 30.8 Å². The number of rotatable bonds is 5. The van der Waals surface area contributed by atoms with Crippen LogP contribution >= 0.6 is 0 Å². The maximum atomic E-state index is 12.8. The fraction of sp³-hybridized carbons (Fsp3) is 0.286. The number of benzene rings is 2. The lowest BCUT2D eigenvalue weighted by Crippen LogP contribution is -2.34. The Morgan fingerprint density at radius 3 is 2.54 bits per heavy atom. The molecular weight excluding hydrogens is 358 g/mol. The largest absolute Gasteiger partial charge is 0.508 e. The molecule has 2 aromatic carbocycles. The van der Waals surface area contributed by atoms with Gasteiger partial charge in [0.1, 0.15) is 11.4 Å². The Labute approximate surface area is 162 Å². The van der Waals surface area contributed by atoms with E-state index in [-0.39, 0.29) is 17.3 Å². The van der Waals surface area contributed by atoms with Crippen LogP contribution in [0, 0.1) is 10.1 Å². The summed E-state index contributed by atoms with van der Waals surface area (Å²) in [6.07, 6.45) is 4.72. The molecule has 1 amide bonds. The highest BCUT2D eigenvalue weighted by Gasteiger charge is 2.27. The van der Waals surface area contributed by atoms with Crippen molar-refractivity contribution in [2.45, 2.75) is 25.3 Å². The van der Waals surface area contributed by atoms with E-state index in [0.717, 1.165) is 24.0 Å². The number of aromatic hydroxyl groups is 1. The monoisotopic (exact) mass is 379 g/mol. The number of nitro groups is 1. The first-order chi connectivity index (χ1) is 13.5. The maximum absolute atomic E-state index is 12.8. The molecule has 2 N–H and O–H groups in total. The molecule has 7 heteroatoms. The van der Waals surface area contributed by atoms with Crippen molar-refractivity contribution in [3.63, 3.8) is 0 Å². The van der Waals surface area contributed by atoms with Crippen molar-refractivity contribution in [3.8, 4) is 5.75 Å². The number of anilines is 1. The Bertz CT molecular complexity index is 949. The number of phenolic OH excluding ortho intramolecular Hbond substituents is 1. The van der Waals surface area contributed by atoms with Gasteiger partial charge in [-0.15, -0.1) is 0 Å². The fourth-order valence-corrected chi connectivity index (χ4v) is 3.36. The molecular formula is C21H21N3O4. The molecule has 1 aliphatic heterocycles. The number of amides is 1. The third-order valence-electron chi connectivity index (χ3n) is 5.11. The number of nitrogens with one attached hydrogen (secondary N) is 1. The summed E-state index contributed by atoms with van der Waals surface area (Å²) in [7, 11) is 0. The molecule has 1 heterocycles. The van der Waals surface area contributed by atoms with Crippen LogP contribution in [0.3, 0.4) is 0 Å². The smallest absolute Gasteiger partial charge is 0.293 e. The van der Waals surface area contributed by atoms with Gasteiger partial charge < -0.3 is 15.3 Å². The highest BCUT2D eigenvalue weighted by molar-refractivity contribution is 5.96. The second-order valence-corrected chi connectivity index (χ2v) is 7.19. The summed E-state index contributed by atoms with van der Waals surface area (Å²) in [5, 5.41) is 24.0. The van der Waals surface area contributed by atoms with Gasteiger partial charge in [-0.1, -0.05) is 18.2 Å². The van der Waals surface area contributed by atoms with Crippen LogP contribution in [0.2, 0.25) is 0 Å². The van der Waals surface area contributed by atoms with Crippen molar-refractivity contribution in [2.24, 2.45) is 0 Å². The highest BCUT2D eigenvalue weighted by Crippen LogP contribution is 2.32. The van der Waals surface area contributed by atoms with Gasteiger partial charge in [-0.25, -0.2) is 0 Å². The molecule has 28 heavy (non-hydrogen) atoms. The lowest BCUT2D eigenvalue weighted by molar-refractivity contribution is -0.384. The van der Waals surface area contributed by atoms with Crippen LogP contribution in [0.25, 0.3) is 5.57 Å². The predicted octanol–water partition coefficient (Wildman–Crippen LogP) is 3.80. The highest BCUT2D eigenvalue weighted by atomic mass is 16.6. The van der Waals surface area contributed by atoms with E-state index < -0.39 is 4.92 Å². The van der Waals surface area contributed by atoms with Gasteiger partial charge >= 0.3 is 0 Å². The summed E-state index contributed by atoms with van der Waals surface area (Å²) in [5.41, 5.74) is 2.89. The van der Waals surface area contributed by atoms with Crippen molar-refractivity contribution < 1.29 is 14.8 Å². The van der Waals surface area contributed by atoms with E-state index in [2.05, 4.69) is 5.32 Å². The quantitative estimate of drug-likeness (QED) is 0.608. The normalized spacial score (nSPS) is 16.4. The van der Waals surface area contributed by atoms with Gasteiger partial charge in [0.2, 0.25) is 0 Å². The molecule has 4 rings (SSSR count). The lowest BCUT2D eigenvalue weighted by atomic mass is 9.99. The average molecular weight is 379 g/mol. The summed E-state index contributed by atoms with van der Waals surface area (Å²) < 4.78 is 0. The number of hydrogen-bond acceptors (Lipinski definition) is 5. The van der Waals surface area contributed by atoms with Crippen LogP contribution in [0.1, 0.15) is 35.2 Å². The van der Waals surface area contributed by atoms with E-state index in [1.807, 2.05) is 18.2 Å². The molecule has 1 saturated carbocycles. The topological polar surface area (TPSA) is 95.7 Å². The summed E-state index contributed by atoms with van der Waals surface area (Å²) in [6, 6.07) is 11.9. The summed E-state index contributed by atoms with van der Waals surface area (Å²) >= 11 is 0. The van der Waals surface area contributed by atoms with Crippen LogP contribution in [0.5, 0.6) is 5.75 Å². The second-order valence-electron chi connectivity index (χ2n) is 7.19. The van der Waals surface area contributed by atoms with E-state index in [0.29, 0.717) is 36.8 Å². The zero-order chi connectivity index (χ0) is 19.7. The van der Waals surface area contributed by atoms with Crippen molar-refractivity contribution >= 4 is 22.9 Å². The van der Waals surface area contributed by atoms with E-state index in [9.17, 15) is 20.0 Å². The van der Waals surface area contributed by atoms with Gasteiger partial charge in [0.05, 0.1) is 4.92 Å². The molecule has 0 aromatic heterocycles. The Morgan fingerprint density at radius 2 is 1.93 bits per heavy atom. The van der Waals surface area contributed by atoms with Crippen molar-refractivity contribution in [1.82, 2.24) is 4.90 Å². The Kier molecular flexibility index (Phi) is 4.73. The minimum Gasteiger partial charge on any atom is -0.508 e. The Morgan fingerprint density at radius 1 is 1.18 bits per heavy atom. The zero-order valence-electron chi connectivity index (χ0n) is 15.3. The number of nitro benzene ring substituents is 1. The van der Waals surface area contributed by atoms with E-state index in [4.69, 9.17) is 0 Å². The lowest BCUT2D eigenvalue weighted by Gasteiger charge is -2.27. The van der Waals surface area contributed by atoms with Crippen molar-refractivity contribution in [3.05, 3.63) is 69.8 Å². The van der Waals surface area contributed by atoms with Crippen LogP contribution in [0.4, 0.5) is 11.4 Å². The molecule has 144 valence electrons. The van der Waals surface area contributed by atoms with Crippen LogP contribution in [-0.2, 0) is 0 Å². The number of hydrogen-bond donors (Lipinski definition) is 2. The van der Waals surface area contributed by atoms with Gasteiger partial charge in [-0.05, 0) is 54.7 Å². The minimum absolute atomic E-state index is 0.0601. The molecule has 2 aromatic rings. The summed E-state index contributed by atoms with van der Waals surface area (Å²) in [6.45, 7) is 0.992. The summed E-state index contributed by atoms with van der Waals surface area (Å²) in [4.78, 5) is 25.5. The molecule has 0 spiro atoms. The van der Waals surface area contributed by atoms with Crippen molar-refractivity contribution in [1.29, 1.82) is 0 Å². The first kappa shape index (κ1) is 18.0. The molecule has 0 saturated heterocycles. The minimum atomic E-state index is -0.444. The Hall–Kier alpha value is -3.35. The number of carbonyl (C=O) groups is 1. The molecule has 0 atom stereocenters. The first-order valence-corrected chi connectivity index (χ1v) is 9.34. The first-order valence-electron chi connectivity index (χ1n) is 9.34. The van der Waals surface area contributed by atoms with Crippen molar-refractivity contribution in [2.75, 3.05) is 18.4 Å². The molecule has 1 aliphatic carbocycles. The average Bonchev–Trinajstić information content (AvgIpc) is 3.52. The molecule has 0 unspecified atom stereocenters. The van der Waals surface area contributed by atoms with E-state index >= 15 is 0 Å². The molecule has 7 nitrogen and oxygen atoms in total. The number of phenols is 1. The number of nitrogens with zero attached hydrogens (tertiary/aromatic N) is 2. The van der Waals surface area contributed by atoms with Crippen LogP contribution < -0.4 is 5.32 Å². The molecule has 1 fully saturated rings. The maximum Gasteiger partial charge on any atom is 0.293 e. The van der Waals surface area contributed by atoms with Gasteiger partial charge in [0.25, 0.3) is 11.6 Å². The number of carbonyl (C=O) groups excluding carboxylic acids is 1. The Balaban J connectivity index is 1.49. The summed E-state index contributed by atoms with van der Waals surface area (Å²) in [5.74, 6) is 0.0141. The van der Waals surface area contributed by atoms with Gasteiger partial charge in [0.15, 0.2) is 0 Å². The van der Waals surface area contributed by atoms with Gasteiger partial charge in [-0.2, -0.15) is 0 Å². The standard InChI is InChI=1S/C21H21N3O4/c25-18-6-1-14(2-7-18)15-9-11-23(12-10-15)21(26)16-3-8-19(22-17-4-5-17)20(13-16)24(27)28/h1-3,6-9,13,17,22,25H,4-5,10-12H2. The zero-order valence-corrected chi connectivity index (χ0v) is 15.3. The van der Waals surface area contributed by atoms with E-state index in [1.54, 1.807) is 29.2 Å². The van der Waals surface area contributed by atoms with Crippen LogP contribution in [0.15, 0.2) is 48.5 Å². The molecule has 0 bridgehead atoms.